The van der Waals surface area contributed by atoms with Gasteiger partial charge in [-0.25, -0.2) is 0 Å². The Labute approximate surface area is 178 Å². The summed E-state index contributed by atoms with van der Waals surface area (Å²) in [6, 6.07) is 17.8. The monoisotopic (exact) mass is 384 g/mol. The predicted octanol–water partition coefficient (Wildman–Crippen LogP) is 7.68. The van der Waals surface area contributed by atoms with E-state index in [4.69, 9.17) is 0 Å². The van der Waals surface area contributed by atoms with Crippen molar-refractivity contribution in [2.75, 3.05) is 0 Å². The zero-order valence-corrected chi connectivity index (χ0v) is 17.0. The van der Waals surface area contributed by atoms with Crippen LogP contribution in [0.15, 0.2) is 120 Å². The molecule has 2 aromatic rings. The molecule has 0 aromatic heterocycles. The van der Waals surface area contributed by atoms with Crippen molar-refractivity contribution >= 4 is 11.1 Å². The van der Waals surface area contributed by atoms with Crippen molar-refractivity contribution in [2.45, 2.75) is 24.7 Å². The van der Waals surface area contributed by atoms with Crippen LogP contribution >= 0.6 is 0 Å². The van der Waals surface area contributed by atoms with Crippen molar-refractivity contribution in [1.82, 2.24) is 0 Å². The standard InChI is InChI=1S/C30H24/c1-5-15-25-21(11-1)22-12-2-6-16-26(22)29(25)19-9-10-20-30-27-17-7-3-13-23(27)24-14-4-8-18-28(24)30/h1-18,21,23H,19-20H2/b10-9+. The molecule has 30 heavy (non-hydrogen) atoms. The second kappa shape index (κ2) is 7.15. The molecule has 2 aromatic carbocycles. The van der Waals surface area contributed by atoms with Gasteiger partial charge >= 0.3 is 0 Å². The molecule has 0 fully saturated rings. The second-order valence-electron chi connectivity index (χ2n) is 8.37. The lowest BCUT2D eigenvalue weighted by Gasteiger charge is -2.12. The Hall–Kier alpha value is -3.38. The molecule has 0 heteroatoms. The summed E-state index contributed by atoms with van der Waals surface area (Å²) in [4.78, 5) is 0. The lowest BCUT2D eigenvalue weighted by atomic mass is 9.92. The van der Waals surface area contributed by atoms with Gasteiger partial charge in [0.25, 0.3) is 0 Å². The first-order chi connectivity index (χ1) is 14.9. The predicted molar refractivity (Wildman–Crippen MR) is 127 cm³/mol. The largest absolute Gasteiger partial charge is 0.0838 e. The summed E-state index contributed by atoms with van der Waals surface area (Å²) in [5, 5.41) is 0. The summed E-state index contributed by atoms with van der Waals surface area (Å²) in [5.41, 5.74) is 11.7. The molecule has 0 radical (unpaired) electrons. The van der Waals surface area contributed by atoms with Crippen LogP contribution in [0.3, 0.4) is 0 Å². The fourth-order valence-electron chi connectivity index (χ4n) is 5.46. The first kappa shape index (κ1) is 17.5. The van der Waals surface area contributed by atoms with Gasteiger partial charge in [-0.05, 0) is 57.4 Å². The van der Waals surface area contributed by atoms with Gasteiger partial charge in [-0.15, -0.1) is 0 Å². The van der Waals surface area contributed by atoms with Crippen LogP contribution in [0.5, 0.6) is 0 Å². The first-order valence-corrected chi connectivity index (χ1v) is 10.9. The number of fused-ring (bicyclic) bond motifs is 6. The van der Waals surface area contributed by atoms with Gasteiger partial charge in [0.05, 0.1) is 0 Å². The minimum Gasteiger partial charge on any atom is -0.0838 e. The molecule has 6 rings (SSSR count). The Morgan fingerprint density at radius 3 is 1.53 bits per heavy atom. The third kappa shape index (κ3) is 2.68. The quantitative estimate of drug-likeness (QED) is 0.474. The Balaban J connectivity index is 1.28. The number of hydrogen-bond donors (Lipinski definition) is 0. The Morgan fingerprint density at radius 1 is 0.567 bits per heavy atom. The van der Waals surface area contributed by atoms with Gasteiger partial charge in [0.15, 0.2) is 0 Å². The summed E-state index contributed by atoms with van der Waals surface area (Å²) < 4.78 is 0. The van der Waals surface area contributed by atoms with E-state index in [-0.39, 0.29) is 0 Å². The van der Waals surface area contributed by atoms with Crippen molar-refractivity contribution in [3.8, 4) is 0 Å². The highest BCUT2D eigenvalue weighted by molar-refractivity contribution is 5.84. The van der Waals surface area contributed by atoms with Crippen LogP contribution in [0.4, 0.5) is 0 Å². The van der Waals surface area contributed by atoms with Gasteiger partial charge in [-0.1, -0.05) is 109 Å². The average molecular weight is 385 g/mol. The van der Waals surface area contributed by atoms with E-state index >= 15 is 0 Å². The maximum absolute atomic E-state index is 2.37. The van der Waals surface area contributed by atoms with Gasteiger partial charge in [-0.3, -0.25) is 0 Å². The van der Waals surface area contributed by atoms with E-state index in [1.54, 1.807) is 0 Å². The number of benzene rings is 2. The van der Waals surface area contributed by atoms with E-state index in [0.29, 0.717) is 11.8 Å². The lowest BCUT2D eigenvalue weighted by molar-refractivity contribution is 1.05. The van der Waals surface area contributed by atoms with E-state index < -0.39 is 0 Å². The second-order valence-corrected chi connectivity index (χ2v) is 8.37. The molecule has 0 heterocycles. The molecule has 4 aliphatic rings. The molecule has 0 N–H and O–H groups in total. The van der Waals surface area contributed by atoms with Gasteiger partial charge in [0, 0.05) is 11.8 Å². The molecule has 0 amide bonds. The van der Waals surface area contributed by atoms with Crippen molar-refractivity contribution in [2.24, 2.45) is 0 Å². The van der Waals surface area contributed by atoms with Crippen molar-refractivity contribution in [1.29, 1.82) is 0 Å². The Kier molecular flexibility index (Phi) is 4.16. The van der Waals surface area contributed by atoms with E-state index in [0.717, 1.165) is 12.8 Å². The molecule has 0 saturated carbocycles. The van der Waals surface area contributed by atoms with Gasteiger partial charge in [0.2, 0.25) is 0 Å². The number of allylic oxidation sites excluding steroid dienone is 14. The van der Waals surface area contributed by atoms with E-state index in [9.17, 15) is 0 Å². The molecule has 144 valence electrons. The Bertz CT molecular complexity index is 1140. The van der Waals surface area contributed by atoms with Gasteiger partial charge in [0.1, 0.15) is 0 Å². The topological polar surface area (TPSA) is 0 Å². The molecule has 2 unspecified atom stereocenters. The van der Waals surface area contributed by atoms with Crippen LogP contribution in [0.25, 0.3) is 11.1 Å². The molecule has 4 aliphatic carbocycles. The zero-order chi connectivity index (χ0) is 19.9. The molecule has 0 bridgehead atoms. The van der Waals surface area contributed by atoms with Gasteiger partial charge < -0.3 is 0 Å². The number of hydrogen-bond acceptors (Lipinski definition) is 0. The van der Waals surface area contributed by atoms with Crippen LogP contribution in [-0.4, -0.2) is 0 Å². The Morgan fingerprint density at radius 2 is 1.03 bits per heavy atom. The summed E-state index contributed by atoms with van der Waals surface area (Å²) in [7, 11) is 0. The molecule has 0 saturated heterocycles. The lowest BCUT2D eigenvalue weighted by Crippen LogP contribution is -1.95. The van der Waals surface area contributed by atoms with E-state index in [2.05, 4.69) is 109 Å². The highest BCUT2D eigenvalue weighted by Gasteiger charge is 2.29. The third-order valence-electron chi connectivity index (χ3n) is 6.80. The van der Waals surface area contributed by atoms with E-state index in [1.165, 1.54) is 44.5 Å². The van der Waals surface area contributed by atoms with Crippen LogP contribution in [0.2, 0.25) is 0 Å². The smallest absolute Gasteiger partial charge is 0.0281 e. The molecular weight excluding hydrogens is 360 g/mol. The average Bonchev–Trinajstić information content (AvgIpc) is 3.30. The minimum atomic E-state index is 0.432. The summed E-state index contributed by atoms with van der Waals surface area (Å²) >= 11 is 0. The first-order valence-electron chi connectivity index (χ1n) is 10.9. The maximum atomic E-state index is 2.37. The van der Waals surface area contributed by atoms with Crippen molar-refractivity contribution < 1.29 is 0 Å². The molecule has 0 nitrogen and oxygen atoms in total. The number of rotatable bonds is 4. The molecule has 2 atom stereocenters. The van der Waals surface area contributed by atoms with Crippen molar-refractivity contribution in [3.63, 3.8) is 0 Å². The summed E-state index contributed by atoms with van der Waals surface area (Å²) in [6.45, 7) is 0. The normalized spacial score (nSPS) is 22.7. The van der Waals surface area contributed by atoms with Crippen LogP contribution in [0.1, 0.15) is 46.9 Å². The molecule has 0 spiro atoms. The fraction of sp³-hybridized carbons (Fsp3) is 0.133. The minimum absolute atomic E-state index is 0.432. The molecular formula is C30H24. The van der Waals surface area contributed by atoms with Gasteiger partial charge in [-0.2, -0.15) is 0 Å². The fourth-order valence-corrected chi connectivity index (χ4v) is 5.46. The van der Waals surface area contributed by atoms with Crippen LogP contribution in [-0.2, 0) is 0 Å². The third-order valence-corrected chi connectivity index (χ3v) is 6.80. The van der Waals surface area contributed by atoms with Crippen molar-refractivity contribution in [3.05, 3.63) is 143 Å². The summed E-state index contributed by atoms with van der Waals surface area (Å²) in [6.07, 6.45) is 24.7. The molecule has 0 aliphatic heterocycles. The van der Waals surface area contributed by atoms with Crippen LogP contribution in [0, 0.1) is 0 Å². The van der Waals surface area contributed by atoms with Crippen LogP contribution < -0.4 is 0 Å². The van der Waals surface area contributed by atoms with E-state index in [1.807, 2.05) is 0 Å². The summed E-state index contributed by atoms with van der Waals surface area (Å²) in [5.74, 6) is 0.863. The highest BCUT2D eigenvalue weighted by atomic mass is 14.3. The maximum Gasteiger partial charge on any atom is 0.0281 e. The highest BCUT2D eigenvalue weighted by Crippen LogP contribution is 2.47. The SMILES string of the molecule is C1=CC2=C(C/C=C/CC3=C4C=CC=CC4c4ccccc43)c3ccccc3C2C=C1. The zero-order valence-electron chi connectivity index (χ0n) is 17.0.